The van der Waals surface area contributed by atoms with Gasteiger partial charge in [0.25, 0.3) is 22.8 Å². The number of aliphatic carboxylic acids is 4. The Bertz CT molecular complexity index is 3410. The van der Waals surface area contributed by atoms with Crippen LogP contribution in [0.15, 0.2) is 187 Å². The number of carboxylic acids is 4. The standard InChI is InChI=1S/C64H43N5O8/c1-40-7-28-54(33-41(40)2)69(52-29-16-42(17-30-52)34-55(48-20-8-44(9-21-48)36-57(65-3)61(70)71)49-22-10-45(11-23-49)37-58(66-4)62(72)73)53-31-18-43(19-32-53)35-56(50-24-12-46(13-25-50)38-59(67-5)63(74)75)51-26-14-47(15-27-51)39-60(68-6)64(76)77/h7-39H,1-2H3,(H,70,71)(H,72,73)(H,74,75)(H,76,77). The lowest BCUT2D eigenvalue weighted by atomic mass is 9.94. The fraction of sp³-hybridized carbons (Fsp3) is 0.0312. The highest BCUT2D eigenvalue weighted by Crippen LogP contribution is 2.38. The molecule has 0 spiro atoms. The molecule has 7 rings (SSSR count). The molecule has 13 nitrogen and oxygen atoms in total. The van der Waals surface area contributed by atoms with Crippen LogP contribution in [0.2, 0.25) is 0 Å². The van der Waals surface area contributed by atoms with Gasteiger partial charge in [-0.15, -0.1) is 0 Å². The lowest BCUT2D eigenvalue weighted by molar-refractivity contribution is -0.133. The van der Waals surface area contributed by atoms with Gasteiger partial charge in [-0.2, -0.15) is 0 Å². The van der Waals surface area contributed by atoms with Gasteiger partial charge in [-0.25, -0.2) is 19.4 Å². The Labute approximate surface area is 444 Å². The molecule has 0 fully saturated rings. The Morgan fingerprint density at radius 1 is 0.338 bits per heavy atom. The van der Waals surface area contributed by atoms with E-state index in [1.54, 1.807) is 48.5 Å². The highest BCUT2D eigenvalue weighted by molar-refractivity contribution is 5.98. The molecule has 0 aliphatic carbocycles. The first kappa shape index (κ1) is 53.4. The molecule has 0 aliphatic heterocycles. The van der Waals surface area contributed by atoms with Crippen LogP contribution in [-0.4, -0.2) is 44.3 Å². The van der Waals surface area contributed by atoms with E-state index in [4.69, 9.17) is 26.3 Å². The van der Waals surface area contributed by atoms with Gasteiger partial charge >= 0.3 is 23.9 Å². The Kier molecular flexibility index (Phi) is 16.9. The van der Waals surface area contributed by atoms with E-state index in [2.05, 4.69) is 49.4 Å². The van der Waals surface area contributed by atoms with E-state index in [1.165, 1.54) is 24.3 Å². The average molecular weight is 1010 g/mol. The predicted octanol–water partition coefficient (Wildman–Crippen LogP) is 14.3. The average Bonchev–Trinajstić information content (AvgIpc) is 3.43. The maximum Gasteiger partial charge on any atom is 0.333 e. The SMILES string of the molecule is [C-]#[N+]C(=Cc1ccc(C(=Cc2ccc(N(c3ccc(C=C(c4ccc(C=C([N+]#[C-])C(=O)O)cc4)c4ccc(C=C([N+]#[C-])C(=O)O)cc4)cc3)c3ccc(C)c(C)c3)cc2)c2ccc(C=C([N+]#[C-])C(=O)O)cc2)cc1)C(=O)O. The van der Waals surface area contributed by atoms with Gasteiger partial charge in [-0.1, -0.05) is 127 Å². The zero-order chi connectivity index (χ0) is 55.2. The number of aryl methyl sites for hydroxylation is 2. The summed E-state index contributed by atoms with van der Waals surface area (Å²) in [5.41, 5.74) is 11.6. The first-order chi connectivity index (χ1) is 37.1. The molecule has 77 heavy (non-hydrogen) atoms. The van der Waals surface area contributed by atoms with E-state index in [0.29, 0.717) is 22.3 Å². The van der Waals surface area contributed by atoms with Crippen LogP contribution in [0.3, 0.4) is 0 Å². The summed E-state index contributed by atoms with van der Waals surface area (Å²) in [6.45, 7) is 33.1. The lowest BCUT2D eigenvalue weighted by Gasteiger charge is -2.26. The van der Waals surface area contributed by atoms with Gasteiger partial charge in [0, 0.05) is 17.1 Å². The topological polar surface area (TPSA) is 170 Å². The molecule has 7 aromatic rings. The van der Waals surface area contributed by atoms with E-state index in [9.17, 15) is 39.6 Å². The molecule has 0 heterocycles. The molecule has 13 heteroatoms. The van der Waals surface area contributed by atoms with Crippen molar-refractivity contribution in [2.45, 2.75) is 13.8 Å². The van der Waals surface area contributed by atoms with Gasteiger partial charge in [0.1, 0.15) is 0 Å². The molecule has 0 bridgehead atoms. The van der Waals surface area contributed by atoms with Gasteiger partial charge in [0.2, 0.25) is 0 Å². The summed E-state index contributed by atoms with van der Waals surface area (Å²) in [7, 11) is 0. The Morgan fingerprint density at radius 3 is 0.805 bits per heavy atom. The first-order valence-corrected chi connectivity index (χ1v) is 23.3. The number of carboxylic acid groups (broad SMARTS) is 4. The maximum atomic E-state index is 11.6. The van der Waals surface area contributed by atoms with Crippen LogP contribution < -0.4 is 4.90 Å². The number of benzene rings is 7. The van der Waals surface area contributed by atoms with Crippen molar-refractivity contribution in [1.29, 1.82) is 0 Å². The van der Waals surface area contributed by atoms with Gasteiger partial charge in [-0.3, -0.25) is 19.2 Å². The number of rotatable bonds is 17. The molecule has 372 valence electrons. The van der Waals surface area contributed by atoms with Crippen molar-refractivity contribution in [3.63, 3.8) is 0 Å². The van der Waals surface area contributed by atoms with Crippen LogP contribution >= 0.6 is 0 Å². The minimum absolute atomic E-state index is 0.424. The van der Waals surface area contributed by atoms with Crippen molar-refractivity contribution in [3.8, 4) is 0 Å². The molecule has 0 amide bonds. The fourth-order valence-electron chi connectivity index (χ4n) is 7.99. The number of nitrogens with zero attached hydrogens (tertiary/aromatic N) is 5. The molecular weight excluding hydrogens is 967 g/mol. The molecule has 4 N–H and O–H groups in total. The number of carbonyl (C=O) groups is 4. The van der Waals surface area contributed by atoms with Gasteiger partial charge in [0.05, 0.1) is 26.3 Å². The third kappa shape index (κ3) is 13.4. The first-order valence-electron chi connectivity index (χ1n) is 23.3. The van der Waals surface area contributed by atoms with Gasteiger partial charge < -0.3 is 25.3 Å². The highest BCUT2D eigenvalue weighted by Gasteiger charge is 2.17. The van der Waals surface area contributed by atoms with Crippen LogP contribution in [0.5, 0.6) is 0 Å². The molecule has 0 atom stereocenters. The zero-order valence-corrected chi connectivity index (χ0v) is 41.2. The fourth-order valence-corrected chi connectivity index (χ4v) is 7.99. The van der Waals surface area contributed by atoms with E-state index in [0.717, 1.165) is 72.7 Å². The smallest absolute Gasteiger partial charge is 0.333 e. The van der Waals surface area contributed by atoms with Crippen molar-refractivity contribution < 1.29 is 39.6 Å². The summed E-state index contributed by atoms with van der Waals surface area (Å²) in [5.74, 6) is -5.32. The lowest BCUT2D eigenvalue weighted by Crippen LogP contribution is -2.10. The molecule has 0 saturated heterocycles. The van der Waals surface area contributed by atoms with Crippen molar-refractivity contribution in [1.82, 2.24) is 0 Å². The molecule has 0 aromatic heterocycles. The van der Waals surface area contributed by atoms with Gasteiger partial charge in [-0.05, 0) is 165 Å². The highest BCUT2D eigenvalue weighted by atomic mass is 16.4. The van der Waals surface area contributed by atoms with Crippen LogP contribution in [0.1, 0.15) is 66.8 Å². The number of hydrogen-bond donors (Lipinski definition) is 4. The van der Waals surface area contributed by atoms with Gasteiger partial charge in [0.15, 0.2) is 0 Å². The largest absolute Gasteiger partial charge is 0.486 e. The van der Waals surface area contributed by atoms with Crippen LogP contribution in [-0.2, 0) is 19.2 Å². The minimum atomic E-state index is -1.33. The van der Waals surface area contributed by atoms with Crippen LogP contribution in [0.4, 0.5) is 17.1 Å². The van der Waals surface area contributed by atoms with Crippen molar-refractivity contribution >= 4 is 88.5 Å². The maximum absolute atomic E-state index is 11.6. The van der Waals surface area contributed by atoms with Crippen LogP contribution in [0, 0.1) is 40.1 Å². The second-order valence-electron chi connectivity index (χ2n) is 17.2. The predicted molar refractivity (Wildman–Crippen MR) is 299 cm³/mol. The minimum Gasteiger partial charge on any atom is -0.486 e. The van der Waals surface area contributed by atoms with E-state index in [-0.39, 0.29) is 0 Å². The summed E-state index contributed by atoms with van der Waals surface area (Å²) in [5, 5.41) is 37.7. The summed E-state index contributed by atoms with van der Waals surface area (Å²) < 4.78 is 0. The summed E-state index contributed by atoms with van der Waals surface area (Å²) in [4.78, 5) is 60.8. The van der Waals surface area contributed by atoms with Crippen molar-refractivity contribution in [2.24, 2.45) is 0 Å². The summed E-state index contributed by atoms with van der Waals surface area (Å²) >= 11 is 0. The molecule has 0 unspecified atom stereocenters. The van der Waals surface area contributed by atoms with Crippen LogP contribution in [0.25, 0.3) is 67.0 Å². The Hall–Kier alpha value is -11.4. The van der Waals surface area contributed by atoms with E-state index >= 15 is 0 Å². The molecule has 0 radical (unpaired) electrons. The summed E-state index contributed by atoms with van der Waals surface area (Å²) in [6.07, 6.45) is 9.18. The molecule has 0 aliphatic rings. The Morgan fingerprint density at radius 2 is 0.571 bits per heavy atom. The van der Waals surface area contributed by atoms with Crippen molar-refractivity contribution in [3.05, 3.63) is 299 Å². The zero-order valence-electron chi connectivity index (χ0n) is 41.2. The quantitative estimate of drug-likeness (QED) is 0.0394. The second-order valence-corrected chi connectivity index (χ2v) is 17.2. The molecular formula is C64H43N5O8. The van der Waals surface area contributed by atoms with E-state index in [1.807, 2.05) is 116 Å². The van der Waals surface area contributed by atoms with Crippen molar-refractivity contribution in [2.75, 3.05) is 4.90 Å². The normalized spacial score (nSPS) is 11.4. The number of hydrogen-bond acceptors (Lipinski definition) is 5. The van der Waals surface area contributed by atoms with E-state index < -0.39 is 46.7 Å². The monoisotopic (exact) mass is 1010 g/mol. The Balaban J connectivity index is 1.29. The molecule has 0 saturated carbocycles. The third-order valence-electron chi connectivity index (χ3n) is 12.1. The summed E-state index contributed by atoms with van der Waals surface area (Å²) in [6, 6.07) is 50.6. The second kappa shape index (κ2) is 24.4. The third-order valence-corrected chi connectivity index (χ3v) is 12.1. The molecule has 7 aromatic carbocycles. The number of anilines is 3.